The first-order valence-corrected chi connectivity index (χ1v) is 12.9. The Morgan fingerprint density at radius 3 is 2.55 bits per heavy atom. The zero-order valence-corrected chi connectivity index (χ0v) is 20.5. The van der Waals surface area contributed by atoms with E-state index in [1.165, 1.54) is 11.8 Å². The van der Waals surface area contributed by atoms with E-state index in [9.17, 15) is 18.5 Å². The Balaban J connectivity index is 1.80. The Labute approximate surface area is 197 Å². The van der Waals surface area contributed by atoms with E-state index < -0.39 is 15.1 Å². The largest absolute Gasteiger partial charge is 0.444 e. The van der Waals surface area contributed by atoms with Gasteiger partial charge in [0.05, 0.1) is 10.1 Å². The molecule has 0 aliphatic rings. The van der Waals surface area contributed by atoms with Crippen LogP contribution in [0.15, 0.2) is 44.8 Å². The van der Waals surface area contributed by atoms with E-state index in [1.54, 1.807) is 48.7 Å². The lowest BCUT2D eigenvalue weighted by atomic mass is 10.2. The van der Waals surface area contributed by atoms with Crippen molar-refractivity contribution in [3.05, 3.63) is 53.0 Å². The molecule has 0 fully saturated rings. The molecular weight excluding hydrogens is 462 g/mol. The Morgan fingerprint density at radius 2 is 1.94 bits per heavy atom. The van der Waals surface area contributed by atoms with Crippen LogP contribution < -0.4 is 5.32 Å². The molecule has 174 valence electrons. The third kappa shape index (κ3) is 5.29. The van der Waals surface area contributed by atoms with E-state index in [4.69, 9.17) is 4.42 Å². The summed E-state index contributed by atoms with van der Waals surface area (Å²) in [7, 11) is -3.59. The average molecular weight is 488 g/mol. The molecule has 1 unspecified atom stereocenters. The van der Waals surface area contributed by atoms with Crippen LogP contribution >= 0.6 is 11.8 Å². The van der Waals surface area contributed by atoms with Crippen LogP contribution in [-0.2, 0) is 26.9 Å². The normalized spacial score (nSPS) is 12.3. The predicted molar refractivity (Wildman–Crippen MR) is 124 cm³/mol. The van der Waals surface area contributed by atoms with Crippen LogP contribution in [0.25, 0.3) is 0 Å². The van der Waals surface area contributed by atoms with Gasteiger partial charge in [-0.25, -0.2) is 8.42 Å². The molecule has 1 N–H and O–H groups in total. The summed E-state index contributed by atoms with van der Waals surface area (Å²) in [5.41, 5.74) is 0.981. The molecule has 33 heavy (non-hydrogen) atoms. The van der Waals surface area contributed by atoms with Gasteiger partial charge >= 0.3 is 0 Å². The molecule has 3 aromatic rings. The number of carbonyl (C=O) groups excluding carboxylic acids is 1. The number of hydrogen-bond donors (Lipinski definition) is 1. The zero-order chi connectivity index (χ0) is 24.2. The highest BCUT2D eigenvalue weighted by molar-refractivity contribution is 8.00. The number of rotatable bonds is 9. The molecule has 2 heterocycles. The number of amides is 1. The van der Waals surface area contributed by atoms with Crippen molar-refractivity contribution >= 4 is 33.4 Å². The van der Waals surface area contributed by atoms with Crippen LogP contribution in [0.1, 0.15) is 43.0 Å². The first kappa shape index (κ1) is 24.5. The molecule has 0 saturated carbocycles. The monoisotopic (exact) mass is 487 g/mol. The van der Waals surface area contributed by atoms with Crippen molar-refractivity contribution in [2.24, 2.45) is 0 Å². The van der Waals surface area contributed by atoms with Crippen molar-refractivity contribution in [1.82, 2.24) is 14.8 Å². The molecule has 9 nitrogen and oxygen atoms in total. The predicted octanol–water partition coefficient (Wildman–Crippen LogP) is 3.86. The number of hydrogen-bond acceptors (Lipinski definition) is 8. The number of sulfone groups is 1. The number of carbonyl (C=O) groups is 1. The van der Waals surface area contributed by atoms with Gasteiger partial charge in [0.25, 0.3) is 0 Å². The number of nitrogens with zero attached hydrogens (tertiary/aromatic N) is 4. The number of benzene rings is 1. The molecule has 0 aliphatic heterocycles. The maximum Gasteiger partial charge on any atom is 0.240 e. The van der Waals surface area contributed by atoms with Gasteiger partial charge in [-0.15, -0.1) is 10.2 Å². The standard InChI is InChI=1S/C22H25N5O4S2/c1-5-18(20(28)24-21-17(12-23)14(3)15(4)31-21)32-22-26-25-19(27(22)6-2)13-33(29,30)16-10-8-7-9-11-16/h7-11,18H,5-6,13H2,1-4H3,(H,24,28). The van der Waals surface area contributed by atoms with Crippen LogP contribution in [0.3, 0.4) is 0 Å². The van der Waals surface area contributed by atoms with E-state index in [-0.39, 0.29) is 22.4 Å². The van der Waals surface area contributed by atoms with E-state index in [2.05, 4.69) is 21.6 Å². The molecule has 1 amide bonds. The van der Waals surface area contributed by atoms with Gasteiger partial charge in [0.2, 0.25) is 11.8 Å². The van der Waals surface area contributed by atoms with Gasteiger partial charge < -0.3 is 8.98 Å². The van der Waals surface area contributed by atoms with E-state index in [1.807, 2.05) is 13.8 Å². The third-order valence-corrected chi connectivity index (χ3v) is 8.15. The second-order valence-corrected chi connectivity index (χ2v) is 10.5. The minimum Gasteiger partial charge on any atom is -0.444 e. The van der Waals surface area contributed by atoms with Crippen LogP contribution in [0.2, 0.25) is 0 Å². The molecule has 2 aromatic heterocycles. The quantitative estimate of drug-likeness (QED) is 0.450. The summed E-state index contributed by atoms with van der Waals surface area (Å²) in [5, 5.41) is 20.2. The molecule has 0 saturated heterocycles. The molecular formula is C22H25N5O4S2. The second-order valence-electron chi connectivity index (χ2n) is 7.32. The second kappa shape index (κ2) is 10.2. The van der Waals surface area contributed by atoms with Crippen LogP contribution in [0.4, 0.5) is 5.88 Å². The van der Waals surface area contributed by atoms with Gasteiger partial charge in [0, 0.05) is 12.1 Å². The van der Waals surface area contributed by atoms with Crippen molar-refractivity contribution in [3.8, 4) is 6.07 Å². The van der Waals surface area contributed by atoms with Gasteiger partial charge in [-0.05, 0) is 39.3 Å². The smallest absolute Gasteiger partial charge is 0.240 e. The van der Waals surface area contributed by atoms with E-state index in [0.717, 1.165) is 0 Å². The number of thioether (sulfide) groups is 1. The first-order valence-electron chi connectivity index (χ1n) is 10.4. The molecule has 0 radical (unpaired) electrons. The Morgan fingerprint density at radius 1 is 1.24 bits per heavy atom. The lowest BCUT2D eigenvalue weighted by Crippen LogP contribution is -2.25. The van der Waals surface area contributed by atoms with Gasteiger partial charge in [0.1, 0.15) is 29.0 Å². The van der Waals surface area contributed by atoms with E-state index >= 15 is 0 Å². The topological polar surface area (TPSA) is 131 Å². The highest BCUT2D eigenvalue weighted by Gasteiger charge is 2.26. The summed E-state index contributed by atoms with van der Waals surface area (Å²) in [6, 6.07) is 10.2. The van der Waals surface area contributed by atoms with Gasteiger partial charge in [-0.3, -0.25) is 10.1 Å². The number of nitriles is 1. The minimum atomic E-state index is -3.59. The van der Waals surface area contributed by atoms with Crippen molar-refractivity contribution in [3.63, 3.8) is 0 Å². The lowest BCUT2D eigenvalue weighted by molar-refractivity contribution is -0.115. The SMILES string of the molecule is CCC(Sc1nnc(CS(=O)(=O)c2ccccc2)n1CC)C(=O)Nc1oc(C)c(C)c1C#N. The molecule has 0 bridgehead atoms. The van der Waals surface area contributed by atoms with Gasteiger partial charge in [-0.1, -0.05) is 36.9 Å². The Kier molecular flexibility index (Phi) is 7.61. The molecule has 3 rings (SSSR count). The zero-order valence-electron chi connectivity index (χ0n) is 18.8. The van der Waals surface area contributed by atoms with Crippen molar-refractivity contribution in [2.75, 3.05) is 5.32 Å². The summed E-state index contributed by atoms with van der Waals surface area (Å²) in [4.78, 5) is 13.1. The molecule has 0 aliphatic carbocycles. The summed E-state index contributed by atoms with van der Waals surface area (Å²) in [6.45, 7) is 7.65. The van der Waals surface area contributed by atoms with E-state index in [0.29, 0.717) is 40.8 Å². The van der Waals surface area contributed by atoms with Crippen LogP contribution in [0.5, 0.6) is 0 Å². The first-order chi connectivity index (χ1) is 15.7. The Bertz CT molecular complexity index is 1290. The fraction of sp³-hybridized carbons (Fsp3) is 0.364. The Hall–Kier alpha value is -3.10. The molecule has 0 spiro atoms. The average Bonchev–Trinajstić information content (AvgIpc) is 3.30. The highest BCUT2D eigenvalue weighted by atomic mass is 32.2. The number of nitrogens with one attached hydrogen (secondary N) is 1. The molecule has 1 aromatic carbocycles. The van der Waals surface area contributed by atoms with Gasteiger partial charge in [-0.2, -0.15) is 5.26 Å². The third-order valence-electron chi connectivity index (χ3n) is 5.18. The summed E-state index contributed by atoms with van der Waals surface area (Å²) >= 11 is 1.19. The molecule has 11 heteroatoms. The van der Waals surface area contributed by atoms with Crippen molar-refractivity contribution < 1.29 is 17.6 Å². The maximum atomic E-state index is 12.9. The highest BCUT2D eigenvalue weighted by Crippen LogP contribution is 2.29. The summed E-state index contributed by atoms with van der Waals surface area (Å²) < 4.78 is 32.8. The number of furan rings is 1. The maximum absolute atomic E-state index is 12.9. The van der Waals surface area contributed by atoms with Gasteiger partial charge in [0.15, 0.2) is 15.0 Å². The fourth-order valence-electron chi connectivity index (χ4n) is 3.20. The fourth-order valence-corrected chi connectivity index (χ4v) is 5.53. The number of anilines is 1. The summed E-state index contributed by atoms with van der Waals surface area (Å²) in [6.07, 6.45) is 0.477. The summed E-state index contributed by atoms with van der Waals surface area (Å²) in [5.74, 6) is 0.374. The number of aromatic nitrogens is 3. The lowest BCUT2D eigenvalue weighted by Gasteiger charge is -2.14. The van der Waals surface area contributed by atoms with Crippen LogP contribution in [0, 0.1) is 25.2 Å². The number of aryl methyl sites for hydroxylation is 1. The van der Waals surface area contributed by atoms with Crippen LogP contribution in [-0.4, -0.2) is 34.3 Å². The van der Waals surface area contributed by atoms with Crippen molar-refractivity contribution in [1.29, 1.82) is 5.26 Å². The minimum absolute atomic E-state index is 0.128. The van der Waals surface area contributed by atoms with Crippen molar-refractivity contribution in [2.45, 2.75) is 61.7 Å². The molecule has 1 atom stereocenters.